The lowest BCUT2D eigenvalue weighted by Gasteiger charge is -2.44. The number of nitrogens with zero attached hydrogens (tertiary/aromatic N) is 2. The van der Waals surface area contributed by atoms with E-state index in [1.54, 1.807) is 12.1 Å². The van der Waals surface area contributed by atoms with Crippen LogP contribution in [0.15, 0.2) is 24.3 Å². The molecule has 1 aromatic carbocycles. The summed E-state index contributed by atoms with van der Waals surface area (Å²) in [6.07, 6.45) is 7.23. The first-order valence-electron chi connectivity index (χ1n) is 10.5. The highest BCUT2D eigenvalue weighted by Gasteiger charge is 2.36. The Morgan fingerprint density at radius 3 is 2.31 bits per heavy atom. The van der Waals surface area contributed by atoms with Crippen LogP contribution in [0.3, 0.4) is 0 Å². The summed E-state index contributed by atoms with van der Waals surface area (Å²) >= 11 is 0. The molecule has 0 radical (unpaired) electrons. The van der Waals surface area contributed by atoms with Gasteiger partial charge in [0.15, 0.2) is 6.61 Å². The van der Waals surface area contributed by atoms with Crippen LogP contribution in [0.4, 0.5) is 5.69 Å². The Labute approximate surface area is 170 Å². The maximum absolute atomic E-state index is 12.7. The molecule has 0 spiro atoms. The van der Waals surface area contributed by atoms with Crippen molar-refractivity contribution < 1.29 is 23.9 Å². The van der Waals surface area contributed by atoms with Crippen LogP contribution in [-0.4, -0.2) is 47.8 Å². The van der Waals surface area contributed by atoms with Crippen molar-refractivity contribution in [1.82, 2.24) is 4.90 Å². The Morgan fingerprint density at radius 1 is 0.931 bits per heavy atom. The summed E-state index contributed by atoms with van der Waals surface area (Å²) in [5, 5.41) is 0. The number of ether oxygens (including phenoxy) is 1. The van der Waals surface area contributed by atoms with E-state index in [9.17, 15) is 19.2 Å². The van der Waals surface area contributed by atoms with Gasteiger partial charge in [0, 0.05) is 25.4 Å². The molecule has 7 heteroatoms. The zero-order valence-electron chi connectivity index (χ0n) is 16.5. The zero-order chi connectivity index (χ0) is 20.4. The normalized spacial score (nSPS) is 24.4. The minimum atomic E-state index is -0.582. The molecule has 2 atom stereocenters. The average molecular weight is 398 g/mol. The largest absolute Gasteiger partial charge is 0.452 e. The Bertz CT molecular complexity index is 801. The van der Waals surface area contributed by atoms with Crippen LogP contribution in [0, 0.1) is 5.92 Å². The van der Waals surface area contributed by atoms with Crippen molar-refractivity contribution in [3.8, 4) is 0 Å². The van der Waals surface area contributed by atoms with E-state index in [-0.39, 0.29) is 42.7 Å². The van der Waals surface area contributed by atoms with Crippen molar-refractivity contribution in [3.63, 3.8) is 0 Å². The fraction of sp³-hybridized carbons (Fsp3) is 0.545. The Hall–Kier alpha value is -2.70. The molecule has 0 N–H and O–H groups in total. The SMILES string of the molecule is O=C(OCC(=O)N1CCC[C@@H]2CCCC[C@H]21)c1ccc(N2C(=O)CCC2=O)cc1. The topological polar surface area (TPSA) is 84.0 Å². The van der Waals surface area contributed by atoms with Gasteiger partial charge in [-0.3, -0.25) is 19.3 Å². The standard InChI is InChI=1S/C22H26N2O5/c25-19-11-12-20(26)24(19)17-9-7-16(8-10-17)22(28)29-14-21(27)23-13-3-5-15-4-1-2-6-18(15)23/h7-10,15,18H,1-6,11-14H2/t15-,18+/m0/s1. The summed E-state index contributed by atoms with van der Waals surface area (Å²) in [6.45, 7) is 0.483. The van der Waals surface area contributed by atoms with Crippen molar-refractivity contribution in [1.29, 1.82) is 0 Å². The fourth-order valence-electron chi connectivity index (χ4n) is 4.84. The van der Waals surface area contributed by atoms with Crippen molar-refractivity contribution in [2.24, 2.45) is 5.92 Å². The molecule has 154 valence electrons. The first kappa shape index (κ1) is 19.6. The number of esters is 1. The summed E-state index contributed by atoms with van der Waals surface area (Å²) in [5.74, 6) is -0.598. The second kappa shape index (κ2) is 8.35. The number of amides is 3. The van der Waals surface area contributed by atoms with Crippen LogP contribution in [0.2, 0.25) is 0 Å². The summed E-state index contributed by atoms with van der Waals surface area (Å²) in [5.41, 5.74) is 0.733. The number of rotatable bonds is 4. The van der Waals surface area contributed by atoms with Crippen molar-refractivity contribution in [3.05, 3.63) is 29.8 Å². The number of anilines is 1. The van der Waals surface area contributed by atoms with Crippen LogP contribution in [0.5, 0.6) is 0 Å². The minimum Gasteiger partial charge on any atom is -0.452 e. The van der Waals surface area contributed by atoms with E-state index in [0.717, 1.165) is 30.7 Å². The maximum Gasteiger partial charge on any atom is 0.338 e. The van der Waals surface area contributed by atoms with Crippen molar-refractivity contribution in [2.45, 2.75) is 57.4 Å². The van der Waals surface area contributed by atoms with Gasteiger partial charge in [0.05, 0.1) is 11.3 Å². The van der Waals surface area contributed by atoms with E-state index in [1.807, 2.05) is 4.90 Å². The van der Waals surface area contributed by atoms with Crippen LogP contribution in [0.25, 0.3) is 0 Å². The molecule has 7 nitrogen and oxygen atoms in total. The fourth-order valence-corrected chi connectivity index (χ4v) is 4.84. The molecule has 3 fully saturated rings. The lowest BCUT2D eigenvalue weighted by Crippen LogP contribution is -2.50. The van der Waals surface area contributed by atoms with Gasteiger partial charge in [-0.15, -0.1) is 0 Å². The molecular formula is C22H26N2O5. The molecule has 1 saturated carbocycles. The lowest BCUT2D eigenvalue weighted by molar-refractivity contribution is -0.141. The number of carbonyl (C=O) groups is 4. The third kappa shape index (κ3) is 4.04. The quantitative estimate of drug-likeness (QED) is 0.575. The minimum absolute atomic E-state index is 0.125. The number of piperidine rings is 1. The number of likely N-dealkylation sites (tertiary alicyclic amines) is 1. The van der Waals surface area contributed by atoms with Gasteiger partial charge in [-0.1, -0.05) is 12.8 Å². The van der Waals surface area contributed by atoms with Crippen molar-refractivity contribution >= 4 is 29.4 Å². The third-order valence-electron chi connectivity index (χ3n) is 6.30. The molecule has 0 unspecified atom stereocenters. The number of imide groups is 1. The average Bonchev–Trinajstić information content (AvgIpc) is 3.09. The summed E-state index contributed by atoms with van der Waals surface area (Å²) < 4.78 is 5.25. The van der Waals surface area contributed by atoms with Gasteiger partial charge < -0.3 is 9.64 Å². The number of carbonyl (C=O) groups excluding carboxylic acids is 4. The van der Waals surface area contributed by atoms with Crippen molar-refractivity contribution in [2.75, 3.05) is 18.1 Å². The van der Waals surface area contributed by atoms with Crippen LogP contribution in [-0.2, 0) is 19.1 Å². The van der Waals surface area contributed by atoms with Gasteiger partial charge in [-0.25, -0.2) is 4.79 Å². The molecule has 3 amide bonds. The third-order valence-corrected chi connectivity index (χ3v) is 6.30. The number of hydrogen-bond donors (Lipinski definition) is 0. The molecule has 4 rings (SSSR count). The van der Waals surface area contributed by atoms with E-state index in [1.165, 1.54) is 31.4 Å². The Balaban J connectivity index is 1.34. The molecule has 2 saturated heterocycles. The van der Waals surface area contributed by atoms with Gasteiger partial charge in [0.25, 0.3) is 5.91 Å². The summed E-state index contributed by atoms with van der Waals surface area (Å²) in [4.78, 5) is 51.6. The van der Waals surface area contributed by atoms with E-state index >= 15 is 0 Å². The smallest absolute Gasteiger partial charge is 0.338 e. The molecule has 1 aromatic rings. The van der Waals surface area contributed by atoms with Crippen LogP contribution >= 0.6 is 0 Å². The van der Waals surface area contributed by atoms with Gasteiger partial charge in [0.1, 0.15) is 0 Å². The highest BCUT2D eigenvalue weighted by Crippen LogP contribution is 2.35. The molecular weight excluding hydrogens is 372 g/mol. The van der Waals surface area contributed by atoms with Crippen LogP contribution < -0.4 is 4.90 Å². The molecule has 3 aliphatic rings. The molecule has 0 aromatic heterocycles. The highest BCUT2D eigenvalue weighted by molar-refractivity contribution is 6.19. The van der Waals surface area contributed by atoms with Gasteiger partial charge in [0.2, 0.25) is 11.8 Å². The predicted molar refractivity (Wildman–Crippen MR) is 105 cm³/mol. The highest BCUT2D eigenvalue weighted by atomic mass is 16.5. The zero-order valence-corrected chi connectivity index (χ0v) is 16.5. The maximum atomic E-state index is 12.7. The van der Waals surface area contributed by atoms with E-state index in [4.69, 9.17) is 4.74 Å². The van der Waals surface area contributed by atoms with Gasteiger partial charge >= 0.3 is 5.97 Å². The molecule has 2 aliphatic heterocycles. The first-order chi connectivity index (χ1) is 14.0. The number of hydrogen-bond acceptors (Lipinski definition) is 5. The summed E-state index contributed by atoms with van der Waals surface area (Å²) in [7, 11) is 0. The second-order valence-electron chi connectivity index (χ2n) is 8.09. The number of benzene rings is 1. The first-order valence-corrected chi connectivity index (χ1v) is 10.5. The van der Waals surface area contributed by atoms with Gasteiger partial charge in [-0.05, 0) is 55.9 Å². The van der Waals surface area contributed by atoms with Gasteiger partial charge in [-0.2, -0.15) is 0 Å². The molecule has 29 heavy (non-hydrogen) atoms. The predicted octanol–water partition coefficient (Wildman–Crippen LogP) is 2.68. The summed E-state index contributed by atoms with van der Waals surface area (Å²) in [6, 6.07) is 6.42. The Morgan fingerprint density at radius 2 is 1.59 bits per heavy atom. The van der Waals surface area contributed by atoms with E-state index in [2.05, 4.69) is 0 Å². The monoisotopic (exact) mass is 398 g/mol. The van der Waals surface area contributed by atoms with E-state index in [0.29, 0.717) is 17.6 Å². The molecule has 1 aliphatic carbocycles. The number of fused-ring (bicyclic) bond motifs is 1. The Kier molecular flexibility index (Phi) is 5.65. The van der Waals surface area contributed by atoms with E-state index < -0.39 is 5.97 Å². The van der Waals surface area contributed by atoms with Crippen LogP contribution in [0.1, 0.15) is 61.7 Å². The molecule has 2 heterocycles. The second-order valence-corrected chi connectivity index (χ2v) is 8.09. The lowest BCUT2D eigenvalue weighted by atomic mass is 9.78. The molecule has 0 bridgehead atoms.